The minimum absolute atomic E-state index is 0. The van der Waals surface area contributed by atoms with Gasteiger partial charge >= 0.3 is 11.9 Å². The zero-order chi connectivity index (χ0) is 32.2. The van der Waals surface area contributed by atoms with Crippen LogP contribution in [0.25, 0.3) is 0 Å². The van der Waals surface area contributed by atoms with Crippen molar-refractivity contribution in [2.24, 2.45) is 0 Å². The Labute approximate surface area is 300 Å². The number of rotatable bonds is 15. The highest BCUT2D eigenvalue weighted by atomic mass is 79.9. The van der Waals surface area contributed by atoms with E-state index < -0.39 is 0 Å². The van der Waals surface area contributed by atoms with E-state index in [-0.39, 0.29) is 44.0 Å². The maximum absolute atomic E-state index is 12.9. The lowest BCUT2D eigenvalue weighted by molar-refractivity contribution is -0.142. The van der Waals surface area contributed by atoms with Crippen LogP contribution < -0.4 is 11.1 Å². The first-order valence-electron chi connectivity index (χ1n) is 15.3. The minimum Gasteiger partial charge on any atom is -0.465 e. The molecule has 46 heavy (non-hydrogen) atoms. The largest absolute Gasteiger partial charge is 0.465 e. The average molecular weight is 774 g/mol. The number of nitrogens with zero attached hydrogens (tertiary/aromatic N) is 1. The van der Waals surface area contributed by atoms with E-state index >= 15 is 0 Å². The van der Waals surface area contributed by atoms with Crippen LogP contribution >= 0.6 is 63.3 Å². The van der Waals surface area contributed by atoms with Gasteiger partial charge in [-0.1, -0.05) is 73.7 Å². The fourth-order valence-electron chi connectivity index (χ4n) is 5.44. The second-order valence-electron chi connectivity index (χ2n) is 10.9. The Morgan fingerprint density at radius 3 is 2.35 bits per heavy atom. The molecule has 3 aromatic rings. The molecular formula is C34H41BrCl3N3O4S. The van der Waals surface area contributed by atoms with E-state index in [4.69, 9.17) is 38.4 Å². The molecule has 12 heteroatoms. The quantitative estimate of drug-likeness (QED) is 0.0897. The summed E-state index contributed by atoms with van der Waals surface area (Å²) in [6.07, 6.45) is 6.35. The molecule has 0 aliphatic heterocycles. The van der Waals surface area contributed by atoms with Crippen LogP contribution in [0.15, 0.2) is 59.1 Å². The van der Waals surface area contributed by atoms with Gasteiger partial charge in [-0.15, -0.1) is 12.4 Å². The third-order valence-corrected chi connectivity index (χ3v) is 10.0. The first-order chi connectivity index (χ1) is 21.8. The molecule has 0 aromatic heterocycles. The van der Waals surface area contributed by atoms with E-state index in [1.54, 1.807) is 36.0 Å². The van der Waals surface area contributed by atoms with Gasteiger partial charge in [0, 0.05) is 34.3 Å². The van der Waals surface area contributed by atoms with Gasteiger partial charge in [0.1, 0.15) is 13.2 Å². The third-order valence-electron chi connectivity index (χ3n) is 7.85. The van der Waals surface area contributed by atoms with E-state index in [9.17, 15) is 9.59 Å². The number of benzene rings is 3. The number of carbonyl (C=O) groups excluding carboxylic acids is 2. The zero-order valence-electron chi connectivity index (χ0n) is 25.9. The zero-order valence-corrected chi connectivity index (χ0v) is 30.6. The summed E-state index contributed by atoms with van der Waals surface area (Å²) in [4.78, 5) is 27.9. The van der Waals surface area contributed by atoms with E-state index in [1.165, 1.54) is 32.1 Å². The number of nitrogens with two attached hydrogens (primary N) is 1. The number of ether oxygens (including phenoxy) is 2. The average Bonchev–Trinajstić information content (AvgIpc) is 3.04. The van der Waals surface area contributed by atoms with Gasteiger partial charge in [0.05, 0.1) is 33.4 Å². The van der Waals surface area contributed by atoms with Gasteiger partial charge in [-0.2, -0.15) is 11.8 Å². The molecule has 0 bridgehead atoms. The van der Waals surface area contributed by atoms with Crippen LogP contribution in [0, 0.1) is 0 Å². The van der Waals surface area contributed by atoms with Crippen LogP contribution in [0.1, 0.15) is 60.5 Å². The molecule has 250 valence electrons. The molecular weight excluding hydrogens is 733 g/mol. The Kier molecular flexibility index (Phi) is 16.3. The molecule has 0 spiro atoms. The Hall–Kier alpha value is -2.14. The monoisotopic (exact) mass is 771 g/mol. The molecule has 3 aromatic carbocycles. The molecule has 0 atom stereocenters. The summed E-state index contributed by atoms with van der Waals surface area (Å²) in [6.45, 7) is 4.33. The fraction of sp³-hybridized carbons (Fsp3) is 0.412. The van der Waals surface area contributed by atoms with Gasteiger partial charge in [-0.25, -0.2) is 4.79 Å². The maximum atomic E-state index is 12.9. The predicted molar refractivity (Wildman–Crippen MR) is 197 cm³/mol. The summed E-state index contributed by atoms with van der Waals surface area (Å²) in [5, 5.41) is 4.21. The molecule has 3 N–H and O–H groups in total. The number of para-hydroxylation sites is 2. The van der Waals surface area contributed by atoms with Gasteiger partial charge in [-0.3, -0.25) is 9.69 Å². The highest BCUT2D eigenvalue weighted by Crippen LogP contribution is 2.34. The number of esters is 2. The van der Waals surface area contributed by atoms with Crippen molar-refractivity contribution in [2.75, 3.05) is 42.3 Å². The summed E-state index contributed by atoms with van der Waals surface area (Å²) in [5.41, 5.74) is 10.6. The Balaban J connectivity index is 0.00000576. The third kappa shape index (κ3) is 11.2. The second kappa shape index (κ2) is 19.6. The lowest BCUT2D eigenvalue weighted by Crippen LogP contribution is -2.36. The molecule has 4 rings (SSSR count). The summed E-state index contributed by atoms with van der Waals surface area (Å²) in [5.74, 6) is 0.457. The maximum Gasteiger partial charge on any atom is 0.338 e. The van der Waals surface area contributed by atoms with Crippen molar-refractivity contribution in [1.82, 2.24) is 4.90 Å². The number of carbonyl (C=O) groups is 2. The number of nitrogens with one attached hydrogen (secondary N) is 1. The summed E-state index contributed by atoms with van der Waals surface area (Å²) >= 11 is 17.7. The van der Waals surface area contributed by atoms with E-state index in [2.05, 4.69) is 33.1 Å². The molecule has 0 saturated heterocycles. The SMILES string of the molecule is CCN(Cc1cc(C(=O)OCCSCCOC(=O)Cc2ccccc2Nc2c(Cl)cccc2Cl)cc(Br)c1N)C1CCCCC1.Cl. The smallest absolute Gasteiger partial charge is 0.338 e. The van der Waals surface area contributed by atoms with Crippen LogP contribution in [-0.4, -0.2) is 54.1 Å². The van der Waals surface area contributed by atoms with Crippen molar-refractivity contribution >= 4 is 92.3 Å². The Morgan fingerprint density at radius 2 is 1.65 bits per heavy atom. The molecule has 0 heterocycles. The molecule has 1 aliphatic rings. The summed E-state index contributed by atoms with van der Waals surface area (Å²) in [7, 11) is 0. The van der Waals surface area contributed by atoms with Crippen molar-refractivity contribution in [3.63, 3.8) is 0 Å². The minimum atomic E-state index is -0.380. The lowest BCUT2D eigenvalue weighted by Gasteiger charge is -2.34. The molecule has 0 unspecified atom stereocenters. The predicted octanol–water partition coefficient (Wildman–Crippen LogP) is 9.33. The van der Waals surface area contributed by atoms with Crippen molar-refractivity contribution in [1.29, 1.82) is 0 Å². The summed E-state index contributed by atoms with van der Waals surface area (Å²) in [6, 6.07) is 16.9. The number of anilines is 3. The van der Waals surface area contributed by atoms with Crippen molar-refractivity contribution in [3.05, 3.63) is 85.8 Å². The van der Waals surface area contributed by atoms with Gasteiger partial charge in [0.25, 0.3) is 0 Å². The second-order valence-corrected chi connectivity index (χ2v) is 13.8. The first-order valence-corrected chi connectivity index (χ1v) is 18.0. The lowest BCUT2D eigenvalue weighted by atomic mass is 9.93. The van der Waals surface area contributed by atoms with Gasteiger partial charge in [-0.05, 0) is 76.8 Å². The molecule has 7 nitrogen and oxygen atoms in total. The van der Waals surface area contributed by atoms with Gasteiger partial charge in [0.15, 0.2) is 0 Å². The molecule has 0 radical (unpaired) electrons. The standard InChI is InChI=1S/C34H40BrCl2N3O4S.ClH/c1-2-40(26-10-4-3-5-11-26)22-25-19-24(20-27(35)32(25)38)34(42)44-16-18-45-17-15-43-31(41)21-23-9-6-7-14-30(23)39-33-28(36)12-8-13-29(33)37;/h6-9,12-14,19-20,26,39H,2-5,10-11,15-18,21-22,38H2,1H3;1H. The molecule has 1 fully saturated rings. The van der Waals surface area contributed by atoms with Crippen LogP contribution in [0.5, 0.6) is 0 Å². The number of halogens is 4. The van der Waals surface area contributed by atoms with E-state index in [1.807, 2.05) is 30.3 Å². The number of hydrogen-bond donors (Lipinski definition) is 2. The number of nitrogen functional groups attached to an aromatic ring is 1. The van der Waals surface area contributed by atoms with Crippen molar-refractivity contribution in [3.8, 4) is 0 Å². The molecule has 1 saturated carbocycles. The van der Waals surface area contributed by atoms with Crippen LogP contribution in [0.4, 0.5) is 17.1 Å². The fourth-order valence-corrected chi connectivity index (χ4v) is 7.04. The van der Waals surface area contributed by atoms with E-state index in [0.29, 0.717) is 55.5 Å². The molecule has 1 aliphatic carbocycles. The molecule has 0 amide bonds. The highest BCUT2D eigenvalue weighted by Gasteiger charge is 2.22. The van der Waals surface area contributed by atoms with Gasteiger partial charge in [0.2, 0.25) is 0 Å². The topological polar surface area (TPSA) is 93.9 Å². The van der Waals surface area contributed by atoms with E-state index in [0.717, 1.165) is 23.4 Å². The van der Waals surface area contributed by atoms with Crippen LogP contribution in [0.2, 0.25) is 10.0 Å². The van der Waals surface area contributed by atoms with Crippen molar-refractivity contribution < 1.29 is 19.1 Å². The Morgan fingerprint density at radius 1 is 0.978 bits per heavy atom. The van der Waals surface area contributed by atoms with Crippen molar-refractivity contribution in [2.45, 2.75) is 58.0 Å². The first kappa shape index (κ1) is 38.3. The number of hydrogen-bond acceptors (Lipinski definition) is 8. The summed E-state index contributed by atoms with van der Waals surface area (Å²) < 4.78 is 11.7. The highest BCUT2D eigenvalue weighted by molar-refractivity contribution is 9.10. The van der Waals surface area contributed by atoms with Crippen LogP contribution in [0.3, 0.4) is 0 Å². The number of thioether (sulfide) groups is 1. The Bertz CT molecular complexity index is 1440. The normalized spacial score (nSPS) is 13.2. The van der Waals surface area contributed by atoms with Crippen LogP contribution in [-0.2, 0) is 27.2 Å². The van der Waals surface area contributed by atoms with Gasteiger partial charge < -0.3 is 20.5 Å².